The first-order valence-electron chi connectivity index (χ1n) is 4.49. The van der Waals surface area contributed by atoms with Crippen molar-refractivity contribution in [2.24, 2.45) is 5.18 Å². The Labute approximate surface area is 95.8 Å². The molecule has 0 aliphatic carbocycles. The van der Waals surface area contributed by atoms with Gasteiger partial charge < -0.3 is 0 Å². The zero-order chi connectivity index (χ0) is 11.4. The van der Waals surface area contributed by atoms with Crippen LogP contribution in [0.15, 0.2) is 40.9 Å². The van der Waals surface area contributed by atoms with Gasteiger partial charge in [0.15, 0.2) is 5.01 Å². The summed E-state index contributed by atoms with van der Waals surface area (Å²) in [6.07, 6.45) is 0. The van der Waals surface area contributed by atoms with Crippen LogP contribution in [0, 0.1) is 10.3 Å². The summed E-state index contributed by atoms with van der Waals surface area (Å²) in [5.74, 6) is 1.97. The molecule has 0 fully saturated rings. The molecule has 0 spiro atoms. The molecule has 4 nitrogen and oxygen atoms in total. The predicted molar refractivity (Wildman–Crippen MR) is 64.5 cm³/mol. The van der Waals surface area contributed by atoms with Gasteiger partial charge in [0.1, 0.15) is 0 Å². The Kier molecular flexibility index (Phi) is 3.00. The number of nitroso groups, excluding NO2 is 1. The van der Waals surface area contributed by atoms with Crippen molar-refractivity contribution in [1.29, 1.82) is 5.41 Å². The number of nitrogens with zero attached hydrogens (tertiary/aromatic N) is 2. The van der Waals surface area contributed by atoms with E-state index in [4.69, 9.17) is 5.41 Å². The van der Waals surface area contributed by atoms with Gasteiger partial charge in [0.05, 0.1) is 5.69 Å². The van der Waals surface area contributed by atoms with E-state index in [1.54, 1.807) is 0 Å². The zero-order valence-corrected chi connectivity index (χ0v) is 8.99. The molecule has 0 amide bonds. The van der Waals surface area contributed by atoms with Crippen molar-refractivity contribution < 1.29 is 0 Å². The number of aromatic nitrogens is 1. The van der Waals surface area contributed by atoms with Crippen LogP contribution in [-0.2, 0) is 0 Å². The number of rotatable bonds is 3. The van der Waals surface area contributed by atoms with Crippen LogP contribution in [0.3, 0.4) is 0 Å². The molecule has 1 heterocycles. The number of benzene rings is 1. The number of thiazole rings is 1. The van der Waals surface area contributed by atoms with Crippen molar-refractivity contribution in [2.45, 2.75) is 0 Å². The number of hydrogen-bond donors (Lipinski definition) is 1. The van der Waals surface area contributed by atoms with Crippen molar-refractivity contribution in [3.8, 4) is 11.3 Å². The van der Waals surface area contributed by atoms with Crippen LogP contribution in [0.5, 0.6) is 0 Å². The fourth-order valence-electron chi connectivity index (χ4n) is 1.24. The third-order valence-electron chi connectivity index (χ3n) is 1.99. The van der Waals surface area contributed by atoms with Gasteiger partial charge in [-0.25, -0.2) is 4.98 Å². The molecule has 0 atom stereocenters. The fraction of sp³-hybridized carbons (Fsp3) is 0. The van der Waals surface area contributed by atoms with E-state index in [1.807, 2.05) is 41.6 Å². The highest BCUT2D eigenvalue weighted by atomic mass is 32.1. The Hall–Kier alpha value is -2.10. The summed E-state index contributed by atoms with van der Waals surface area (Å²) in [6, 6.07) is 9.62. The predicted octanol–water partition coefficient (Wildman–Crippen LogP) is 3.17. The van der Waals surface area contributed by atoms with E-state index in [-0.39, 0.29) is 5.70 Å². The minimum Gasteiger partial charge on any atom is -0.257 e. The normalized spacial score (nSPS) is 9.50. The molecule has 5 heteroatoms. The average molecular weight is 229 g/mol. The van der Waals surface area contributed by atoms with E-state index < -0.39 is 0 Å². The summed E-state index contributed by atoms with van der Waals surface area (Å²) in [5.41, 5.74) is 1.68. The molecule has 0 bridgehead atoms. The molecule has 0 unspecified atom stereocenters. The number of hydrogen-bond acceptors (Lipinski definition) is 5. The van der Waals surface area contributed by atoms with E-state index in [2.05, 4.69) is 10.2 Å². The van der Waals surface area contributed by atoms with Crippen LogP contribution in [0.25, 0.3) is 17.0 Å². The molecule has 2 rings (SSSR count). The van der Waals surface area contributed by atoms with E-state index in [0.29, 0.717) is 5.01 Å². The molecule has 1 aromatic heterocycles. The minimum absolute atomic E-state index is 0.0628. The molecule has 78 valence electrons. The third kappa shape index (κ3) is 1.95. The van der Waals surface area contributed by atoms with Gasteiger partial charge >= 0.3 is 0 Å². The lowest BCUT2D eigenvalue weighted by Crippen LogP contribution is -1.81. The Bertz CT molecular complexity index is 556. The largest absolute Gasteiger partial charge is 0.257 e. The van der Waals surface area contributed by atoms with Crippen molar-refractivity contribution in [1.82, 2.24) is 4.98 Å². The molecule has 1 N–H and O–H groups in total. The van der Waals surface area contributed by atoms with Crippen LogP contribution >= 0.6 is 11.3 Å². The molecular formula is C11H7N3OS. The first-order chi connectivity index (χ1) is 7.85. The minimum atomic E-state index is -0.0628. The molecule has 0 saturated heterocycles. The zero-order valence-electron chi connectivity index (χ0n) is 8.18. The standard InChI is InChI=1S/C11H7N3OS/c12-6-9(14-15)11-13-10(7-16-11)8-4-2-1-3-5-8/h1-5,7,12H. The van der Waals surface area contributed by atoms with E-state index in [9.17, 15) is 4.91 Å². The van der Waals surface area contributed by atoms with E-state index in [0.717, 1.165) is 11.3 Å². The maximum absolute atomic E-state index is 10.4. The van der Waals surface area contributed by atoms with Crippen molar-refractivity contribution in [3.63, 3.8) is 0 Å². The topological polar surface area (TPSA) is 66.2 Å². The van der Waals surface area contributed by atoms with Gasteiger partial charge in [-0.2, -0.15) is 0 Å². The van der Waals surface area contributed by atoms with Crippen molar-refractivity contribution in [2.75, 3.05) is 0 Å². The summed E-state index contributed by atoms with van der Waals surface area (Å²) >= 11 is 1.28. The second-order valence-corrected chi connectivity index (χ2v) is 3.83. The Balaban J connectivity index is 2.41. The molecule has 1 aromatic carbocycles. The van der Waals surface area contributed by atoms with Gasteiger partial charge in [0.25, 0.3) is 0 Å². The highest BCUT2D eigenvalue weighted by Gasteiger charge is 2.08. The van der Waals surface area contributed by atoms with Gasteiger partial charge in [0.2, 0.25) is 5.70 Å². The van der Waals surface area contributed by atoms with Crippen LogP contribution in [-0.4, -0.2) is 10.9 Å². The maximum atomic E-state index is 10.4. The lowest BCUT2D eigenvalue weighted by molar-refractivity contribution is 1.34. The molecule has 2 aromatic rings. The Morgan fingerprint density at radius 2 is 2.12 bits per heavy atom. The first-order valence-corrected chi connectivity index (χ1v) is 5.37. The third-order valence-corrected chi connectivity index (χ3v) is 2.84. The second kappa shape index (κ2) is 4.61. The smallest absolute Gasteiger partial charge is 0.204 e. The highest BCUT2D eigenvalue weighted by Crippen LogP contribution is 2.25. The number of nitrogens with one attached hydrogen (secondary N) is 1. The van der Waals surface area contributed by atoms with Crippen molar-refractivity contribution in [3.05, 3.63) is 45.6 Å². The summed E-state index contributed by atoms with van der Waals surface area (Å²) in [5, 5.41) is 11.8. The quantitative estimate of drug-likeness (QED) is 0.648. The van der Waals surface area contributed by atoms with Crippen LogP contribution in [0.1, 0.15) is 5.01 Å². The van der Waals surface area contributed by atoms with Gasteiger partial charge in [-0.3, -0.25) is 5.41 Å². The molecule has 16 heavy (non-hydrogen) atoms. The molecular weight excluding hydrogens is 222 g/mol. The van der Waals surface area contributed by atoms with E-state index >= 15 is 0 Å². The van der Waals surface area contributed by atoms with Gasteiger partial charge in [0, 0.05) is 16.8 Å². The van der Waals surface area contributed by atoms with Crippen molar-refractivity contribution >= 4 is 22.9 Å². The van der Waals surface area contributed by atoms with Gasteiger partial charge in [-0.1, -0.05) is 30.3 Å². The Morgan fingerprint density at radius 3 is 2.75 bits per heavy atom. The molecule has 0 aliphatic rings. The first kappa shape index (κ1) is 10.4. The summed E-state index contributed by atoms with van der Waals surface area (Å²) < 4.78 is 0. The Morgan fingerprint density at radius 1 is 1.38 bits per heavy atom. The maximum Gasteiger partial charge on any atom is 0.204 e. The summed E-state index contributed by atoms with van der Waals surface area (Å²) in [4.78, 5) is 14.6. The molecule has 0 radical (unpaired) electrons. The van der Waals surface area contributed by atoms with Crippen LogP contribution in [0.4, 0.5) is 0 Å². The van der Waals surface area contributed by atoms with Gasteiger partial charge in [-0.05, 0) is 5.18 Å². The van der Waals surface area contributed by atoms with Crippen LogP contribution < -0.4 is 0 Å². The SMILES string of the molecule is N=C=C(N=O)c1nc(-c2ccccc2)cs1. The van der Waals surface area contributed by atoms with Crippen LogP contribution in [0.2, 0.25) is 0 Å². The average Bonchev–Trinajstić information content (AvgIpc) is 2.81. The highest BCUT2D eigenvalue weighted by molar-refractivity contribution is 7.11. The molecule has 0 saturated carbocycles. The second-order valence-electron chi connectivity index (χ2n) is 2.97. The van der Waals surface area contributed by atoms with Gasteiger partial charge in [-0.15, -0.1) is 16.2 Å². The lowest BCUT2D eigenvalue weighted by Gasteiger charge is -1.93. The lowest BCUT2D eigenvalue weighted by atomic mass is 10.2. The monoisotopic (exact) mass is 229 g/mol. The summed E-state index contributed by atoms with van der Waals surface area (Å²) in [7, 11) is 0. The molecule has 0 aliphatic heterocycles. The van der Waals surface area contributed by atoms with E-state index in [1.165, 1.54) is 11.3 Å². The summed E-state index contributed by atoms with van der Waals surface area (Å²) in [6.45, 7) is 0. The fourth-order valence-corrected chi connectivity index (χ4v) is 2.00.